The number of hydrogen-bond donors (Lipinski definition) is 1. The van der Waals surface area contributed by atoms with Gasteiger partial charge in [0.25, 0.3) is 5.91 Å². The molecular formula is C13H17N3O2. The van der Waals surface area contributed by atoms with E-state index in [1.54, 1.807) is 36.5 Å². The molecule has 0 atom stereocenters. The van der Waals surface area contributed by atoms with Crippen LogP contribution in [0, 0.1) is 5.92 Å². The summed E-state index contributed by atoms with van der Waals surface area (Å²) in [6.07, 6.45) is 4.68. The average molecular weight is 247 g/mol. The van der Waals surface area contributed by atoms with Crippen LogP contribution in [0.5, 0.6) is 0 Å². The first-order chi connectivity index (χ1) is 8.72. The lowest BCUT2D eigenvalue weighted by Crippen LogP contribution is -2.42. The third-order valence-corrected chi connectivity index (χ3v) is 3.31. The number of amides is 2. The number of piperidine rings is 1. The lowest BCUT2D eigenvalue weighted by atomic mass is 9.95. The lowest BCUT2D eigenvalue weighted by Gasteiger charge is -2.31. The fourth-order valence-corrected chi connectivity index (χ4v) is 2.22. The second-order valence-electron chi connectivity index (χ2n) is 4.42. The fourth-order valence-electron chi connectivity index (χ4n) is 2.22. The van der Waals surface area contributed by atoms with E-state index in [-0.39, 0.29) is 17.7 Å². The molecular weight excluding hydrogens is 230 g/mol. The highest BCUT2D eigenvalue weighted by molar-refractivity contribution is 5.94. The van der Waals surface area contributed by atoms with E-state index in [1.165, 1.54) is 0 Å². The molecule has 1 N–H and O–H groups in total. The molecule has 18 heavy (non-hydrogen) atoms. The predicted octanol–water partition coefficient (Wildman–Crippen LogP) is 0.680. The van der Waals surface area contributed by atoms with Crippen molar-refractivity contribution >= 4 is 11.8 Å². The Bertz CT molecular complexity index is 425. The topological polar surface area (TPSA) is 62.3 Å². The zero-order chi connectivity index (χ0) is 13.0. The number of nitrogens with zero attached hydrogens (tertiary/aromatic N) is 2. The molecule has 0 bridgehead atoms. The van der Waals surface area contributed by atoms with Crippen molar-refractivity contribution in [2.24, 2.45) is 5.92 Å². The molecule has 1 aliphatic heterocycles. The smallest absolute Gasteiger partial charge is 0.255 e. The summed E-state index contributed by atoms with van der Waals surface area (Å²) in [6.45, 7) is 1.26. The van der Waals surface area contributed by atoms with Crippen molar-refractivity contribution in [3.63, 3.8) is 0 Å². The first-order valence-electron chi connectivity index (χ1n) is 6.13. The molecule has 2 rings (SSSR count). The van der Waals surface area contributed by atoms with E-state index in [2.05, 4.69) is 10.3 Å². The second kappa shape index (κ2) is 5.62. The number of carbonyl (C=O) groups excluding carboxylic acids is 2. The quantitative estimate of drug-likeness (QED) is 0.836. The summed E-state index contributed by atoms with van der Waals surface area (Å²) in [5, 5.41) is 2.66. The van der Waals surface area contributed by atoms with Crippen molar-refractivity contribution < 1.29 is 9.59 Å². The molecule has 1 aliphatic rings. The number of likely N-dealkylation sites (tertiary alicyclic amines) is 1. The molecule has 0 aliphatic carbocycles. The van der Waals surface area contributed by atoms with Crippen molar-refractivity contribution in [2.75, 3.05) is 20.1 Å². The van der Waals surface area contributed by atoms with Gasteiger partial charge in [-0.3, -0.25) is 14.6 Å². The standard InChI is InChI=1S/C13H17N3O2/c1-14-12(17)10-4-7-16(8-5-10)13(18)11-3-2-6-15-9-11/h2-3,6,9-10H,4-5,7-8H2,1H3,(H,14,17). The Hall–Kier alpha value is -1.91. The maximum Gasteiger partial charge on any atom is 0.255 e. The van der Waals surface area contributed by atoms with Crippen LogP contribution in [0.25, 0.3) is 0 Å². The van der Waals surface area contributed by atoms with Gasteiger partial charge in [-0.1, -0.05) is 0 Å². The first kappa shape index (κ1) is 12.5. The van der Waals surface area contributed by atoms with E-state index >= 15 is 0 Å². The van der Waals surface area contributed by atoms with E-state index in [0.717, 1.165) is 12.8 Å². The van der Waals surface area contributed by atoms with Gasteiger partial charge < -0.3 is 10.2 Å². The third kappa shape index (κ3) is 2.67. The van der Waals surface area contributed by atoms with Crippen LogP contribution in [-0.4, -0.2) is 41.8 Å². The van der Waals surface area contributed by atoms with E-state index in [4.69, 9.17) is 0 Å². The van der Waals surface area contributed by atoms with Crippen LogP contribution in [0.15, 0.2) is 24.5 Å². The summed E-state index contributed by atoms with van der Waals surface area (Å²) in [6, 6.07) is 3.52. The Labute approximate surface area is 106 Å². The van der Waals surface area contributed by atoms with Gasteiger partial charge in [-0.25, -0.2) is 0 Å². The van der Waals surface area contributed by atoms with E-state index in [9.17, 15) is 9.59 Å². The Morgan fingerprint density at radius 2 is 2.11 bits per heavy atom. The number of rotatable bonds is 2. The minimum Gasteiger partial charge on any atom is -0.359 e. The molecule has 1 aromatic rings. The van der Waals surface area contributed by atoms with Crippen LogP contribution >= 0.6 is 0 Å². The molecule has 1 saturated heterocycles. The molecule has 1 fully saturated rings. The Kier molecular flexibility index (Phi) is 3.92. The third-order valence-electron chi connectivity index (χ3n) is 3.31. The van der Waals surface area contributed by atoms with Crippen LogP contribution < -0.4 is 5.32 Å². The first-order valence-corrected chi connectivity index (χ1v) is 6.13. The number of pyridine rings is 1. The number of carbonyl (C=O) groups is 2. The van der Waals surface area contributed by atoms with Crippen LogP contribution in [-0.2, 0) is 4.79 Å². The molecule has 0 aromatic carbocycles. The largest absolute Gasteiger partial charge is 0.359 e. The molecule has 2 heterocycles. The number of aromatic nitrogens is 1. The van der Waals surface area contributed by atoms with Gasteiger partial charge in [-0.2, -0.15) is 0 Å². The summed E-state index contributed by atoms with van der Waals surface area (Å²) >= 11 is 0. The van der Waals surface area contributed by atoms with E-state index in [1.807, 2.05) is 0 Å². The van der Waals surface area contributed by atoms with Gasteiger partial charge in [-0.05, 0) is 25.0 Å². The van der Waals surface area contributed by atoms with Gasteiger partial charge in [0.05, 0.1) is 5.56 Å². The van der Waals surface area contributed by atoms with Gasteiger partial charge in [-0.15, -0.1) is 0 Å². The van der Waals surface area contributed by atoms with Crippen molar-refractivity contribution in [2.45, 2.75) is 12.8 Å². The van der Waals surface area contributed by atoms with Gasteiger partial charge in [0.1, 0.15) is 0 Å². The minimum absolute atomic E-state index is 0.00143. The Balaban J connectivity index is 1.94. The molecule has 0 unspecified atom stereocenters. The summed E-state index contributed by atoms with van der Waals surface area (Å²) in [5.41, 5.74) is 0.607. The zero-order valence-corrected chi connectivity index (χ0v) is 10.4. The van der Waals surface area contributed by atoms with Gasteiger partial charge in [0.2, 0.25) is 5.91 Å². The second-order valence-corrected chi connectivity index (χ2v) is 4.42. The Morgan fingerprint density at radius 3 is 2.67 bits per heavy atom. The number of hydrogen-bond acceptors (Lipinski definition) is 3. The van der Waals surface area contributed by atoms with Crippen LogP contribution in [0.1, 0.15) is 23.2 Å². The maximum absolute atomic E-state index is 12.1. The molecule has 0 saturated carbocycles. The molecule has 0 radical (unpaired) electrons. The highest BCUT2D eigenvalue weighted by Gasteiger charge is 2.27. The van der Waals surface area contributed by atoms with Crippen molar-refractivity contribution in [3.05, 3.63) is 30.1 Å². The van der Waals surface area contributed by atoms with E-state index in [0.29, 0.717) is 18.7 Å². The molecule has 0 spiro atoms. The molecule has 2 amide bonds. The van der Waals surface area contributed by atoms with Crippen molar-refractivity contribution in [1.29, 1.82) is 0 Å². The molecule has 1 aromatic heterocycles. The Morgan fingerprint density at radius 1 is 1.39 bits per heavy atom. The fraction of sp³-hybridized carbons (Fsp3) is 0.462. The van der Waals surface area contributed by atoms with Crippen LogP contribution in [0.4, 0.5) is 0 Å². The van der Waals surface area contributed by atoms with Crippen molar-refractivity contribution in [3.8, 4) is 0 Å². The maximum atomic E-state index is 12.1. The summed E-state index contributed by atoms with van der Waals surface area (Å²) in [7, 11) is 1.65. The van der Waals surface area contributed by atoms with Gasteiger partial charge in [0, 0.05) is 38.4 Å². The molecule has 5 heteroatoms. The lowest BCUT2D eigenvalue weighted by molar-refractivity contribution is -0.125. The summed E-state index contributed by atoms with van der Waals surface area (Å²) < 4.78 is 0. The predicted molar refractivity (Wildman–Crippen MR) is 66.9 cm³/mol. The normalized spacial score (nSPS) is 16.4. The summed E-state index contributed by atoms with van der Waals surface area (Å²) in [5.74, 6) is 0.106. The van der Waals surface area contributed by atoms with Gasteiger partial charge in [0.15, 0.2) is 0 Å². The van der Waals surface area contributed by atoms with E-state index < -0.39 is 0 Å². The van der Waals surface area contributed by atoms with Gasteiger partial charge >= 0.3 is 0 Å². The molecule has 96 valence electrons. The van der Waals surface area contributed by atoms with Crippen molar-refractivity contribution in [1.82, 2.24) is 15.2 Å². The number of nitrogens with one attached hydrogen (secondary N) is 1. The average Bonchev–Trinajstić information content (AvgIpc) is 2.47. The summed E-state index contributed by atoms with van der Waals surface area (Å²) in [4.78, 5) is 29.4. The zero-order valence-electron chi connectivity index (χ0n) is 10.4. The highest BCUT2D eigenvalue weighted by Crippen LogP contribution is 2.18. The van der Waals surface area contributed by atoms with Crippen LogP contribution in [0.3, 0.4) is 0 Å². The minimum atomic E-state index is -0.00143. The monoisotopic (exact) mass is 247 g/mol. The SMILES string of the molecule is CNC(=O)C1CCN(C(=O)c2cccnc2)CC1. The van der Waals surface area contributed by atoms with Crippen LogP contribution in [0.2, 0.25) is 0 Å². The molecule has 5 nitrogen and oxygen atoms in total. The highest BCUT2D eigenvalue weighted by atomic mass is 16.2.